The van der Waals surface area contributed by atoms with Crippen molar-refractivity contribution in [1.82, 2.24) is 5.32 Å². The standard InChI is InChI=1S/C17H28N2O2/c1-12(2)19-17(5,16(18)20)9-6-10-21-15-11-13(3)7-8-14(15)4/h7-8,11-12,19H,6,9-10H2,1-5H3,(H2,18,20). The quantitative estimate of drug-likeness (QED) is 0.724. The molecule has 1 aromatic rings. The van der Waals surface area contributed by atoms with E-state index in [0.717, 1.165) is 17.7 Å². The lowest BCUT2D eigenvalue weighted by Gasteiger charge is -2.29. The Morgan fingerprint density at radius 2 is 2.05 bits per heavy atom. The normalized spacial score (nSPS) is 14.0. The van der Waals surface area contributed by atoms with E-state index >= 15 is 0 Å². The van der Waals surface area contributed by atoms with Crippen molar-refractivity contribution in [1.29, 1.82) is 0 Å². The van der Waals surface area contributed by atoms with E-state index in [1.807, 2.05) is 40.7 Å². The van der Waals surface area contributed by atoms with Gasteiger partial charge in [-0.25, -0.2) is 0 Å². The highest BCUT2D eigenvalue weighted by molar-refractivity contribution is 5.84. The van der Waals surface area contributed by atoms with Crippen LogP contribution in [-0.2, 0) is 4.79 Å². The molecule has 3 N–H and O–H groups in total. The van der Waals surface area contributed by atoms with Crippen molar-refractivity contribution < 1.29 is 9.53 Å². The number of carbonyl (C=O) groups excluding carboxylic acids is 1. The zero-order valence-electron chi connectivity index (χ0n) is 13.8. The van der Waals surface area contributed by atoms with Crippen LogP contribution in [0.5, 0.6) is 5.75 Å². The van der Waals surface area contributed by atoms with Gasteiger partial charge in [0.2, 0.25) is 5.91 Å². The van der Waals surface area contributed by atoms with Gasteiger partial charge in [-0.05, 0) is 64.7 Å². The summed E-state index contributed by atoms with van der Waals surface area (Å²) in [5.74, 6) is 0.593. The number of hydrogen-bond acceptors (Lipinski definition) is 3. The van der Waals surface area contributed by atoms with Gasteiger partial charge in [0.05, 0.1) is 12.1 Å². The Kier molecular flexibility index (Phi) is 6.21. The van der Waals surface area contributed by atoms with E-state index in [2.05, 4.69) is 17.4 Å². The van der Waals surface area contributed by atoms with Gasteiger partial charge in [-0.2, -0.15) is 0 Å². The maximum Gasteiger partial charge on any atom is 0.237 e. The molecule has 0 aromatic heterocycles. The molecular formula is C17H28N2O2. The number of rotatable bonds is 8. The third-order valence-corrected chi connectivity index (χ3v) is 3.57. The van der Waals surface area contributed by atoms with Gasteiger partial charge in [0.1, 0.15) is 5.75 Å². The molecule has 0 aliphatic heterocycles. The summed E-state index contributed by atoms with van der Waals surface area (Å²) in [6.45, 7) is 10.5. The number of nitrogens with one attached hydrogen (secondary N) is 1. The zero-order valence-corrected chi connectivity index (χ0v) is 13.8. The molecule has 0 fully saturated rings. The maximum atomic E-state index is 11.6. The van der Waals surface area contributed by atoms with Gasteiger partial charge in [0, 0.05) is 6.04 Å². The van der Waals surface area contributed by atoms with Crippen LogP contribution in [0.25, 0.3) is 0 Å². The summed E-state index contributed by atoms with van der Waals surface area (Å²) < 4.78 is 5.82. The van der Waals surface area contributed by atoms with Gasteiger partial charge >= 0.3 is 0 Å². The number of benzene rings is 1. The molecule has 0 radical (unpaired) electrons. The van der Waals surface area contributed by atoms with E-state index in [-0.39, 0.29) is 11.9 Å². The molecule has 4 heteroatoms. The van der Waals surface area contributed by atoms with Gasteiger partial charge in [-0.1, -0.05) is 12.1 Å². The van der Waals surface area contributed by atoms with Crippen molar-refractivity contribution >= 4 is 5.91 Å². The first kappa shape index (κ1) is 17.5. The van der Waals surface area contributed by atoms with Crippen LogP contribution in [0.2, 0.25) is 0 Å². The van der Waals surface area contributed by atoms with Crippen molar-refractivity contribution in [2.24, 2.45) is 5.73 Å². The molecule has 4 nitrogen and oxygen atoms in total. The average Bonchev–Trinajstić information content (AvgIpc) is 2.37. The molecule has 0 saturated heterocycles. The summed E-state index contributed by atoms with van der Waals surface area (Å²) in [4.78, 5) is 11.6. The van der Waals surface area contributed by atoms with Crippen molar-refractivity contribution in [2.45, 2.75) is 59.0 Å². The zero-order chi connectivity index (χ0) is 16.0. The number of aryl methyl sites for hydroxylation is 2. The summed E-state index contributed by atoms with van der Waals surface area (Å²) >= 11 is 0. The largest absolute Gasteiger partial charge is 0.493 e. The molecule has 0 aliphatic carbocycles. The molecule has 0 aliphatic rings. The van der Waals surface area contributed by atoms with Crippen LogP contribution in [0.3, 0.4) is 0 Å². The predicted molar refractivity (Wildman–Crippen MR) is 86.5 cm³/mol. The van der Waals surface area contributed by atoms with Gasteiger partial charge in [-0.15, -0.1) is 0 Å². The predicted octanol–water partition coefficient (Wildman–Crippen LogP) is 2.70. The van der Waals surface area contributed by atoms with Crippen LogP contribution >= 0.6 is 0 Å². The molecule has 1 atom stereocenters. The minimum Gasteiger partial charge on any atom is -0.493 e. The second-order valence-electron chi connectivity index (χ2n) is 6.22. The SMILES string of the molecule is Cc1ccc(C)c(OCCCC(C)(NC(C)C)C(N)=O)c1. The minimum absolute atomic E-state index is 0.211. The number of nitrogens with two attached hydrogens (primary N) is 1. The molecule has 0 saturated carbocycles. The summed E-state index contributed by atoms with van der Waals surface area (Å²) in [7, 11) is 0. The highest BCUT2D eigenvalue weighted by atomic mass is 16.5. The molecule has 1 rings (SSSR count). The fourth-order valence-corrected chi connectivity index (χ4v) is 2.37. The summed E-state index contributed by atoms with van der Waals surface area (Å²) in [5, 5.41) is 3.24. The molecule has 1 unspecified atom stereocenters. The molecule has 0 bridgehead atoms. The van der Waals surface area contributed by atoms with Crippen molar-refractivity contribution in [2.75, 3.05) is 6.61 Å². The van der Waals surface area contributed by atoms with Crippen molar-refractivity contribution in [3.05, 3.63) is 29.3 Å². The lowest BCUT2D eigenvalue weighted by Crippen LogP contribution is -2.55. The van der Waals surface area contributed by atoms with E-state index in [1.54, 1.807) is 0 Å². The van der Waals surface area contributed by atoms with Gasteiger partial charge < -0.3 is 15.8 Å². The van der Waals surface area contributed by atoms with Crippen LogP contribution in [0.4, 0.5) is 0 Å². The third-order valence-electron chi connectivity index (χ3n) is 3.57. The maximum absolute atomic E-state index is 11.6. The van der Waals surface area contributed by atoms with E-state index in [1.165, 1.54) is 5.56 Å². The van der Waals surface area contributed by atoms with E-state index in [0.29, 0.717) is 13.0 Å². The van der Waals surface area contributed by atoms with Crippen LogP contribution in [0.1, 0.15) is 44.7 Å². The monoisotopic (exact) mass is 292 g/mol. The topological polar surface area (TPSA) is 64.3 Å². The van der Waals surface area contributed by atoms with E-state index < -0.39 is 5.54 Å². The molecule has 0 heterocycles. The lowest BCUT2D eigenvalue weighted by molar-refractivity contribution is -0.124. The highest BCUT2D eigenvalue weighted by Gasteiger charge is 2.30. The Labute approximate surface area is 128 Å². The smallest absolute Gasteiger partial charge is 0.237 e. The van der Waals surface area contributed by atoms with Crippen LogP contribution < -0.4 is 15.8 Å². The van der Waals surface area contributed by atoms with Crippen LogP contribution in [-0.4, -0.2) is 24.1 Å². The number of ether oxygens (including phenoxy) is 1. The fourth-order valence-electron chi connectivity index (χ4n) is 2.37. The van der Waals surface area contributed by atoms with Crippen molar-refractivity contribution in [3.63, 3.8) is 0 Å². The first-order valence-electron chi connectivity index (χ1n) is 7.52. The molecule has 1 aromatic carbocycles. The van der Waals surface area contributed by atoms with Crippen molar-refractivity contribution in [3.8, 4) is 5.75 Å². The number of carbonyl (C=O) groups is 1. The van der Waals surface area contributed by atoms with Crippen LogP contribution in [0.15, 0.2) is 18.2 Å². The Balaban J connectivity index is 2.51. The second kappa shape index (κ2) is 7.46. The average molecular weight is 292 g/mol. The molecule has 1 amide bonds. The number of amides is 1. The Morgan fingerprint density at radius 3 is 2.62 bits per heavy atom. The summed E-state index contributed by atoms with van der Waals surface area (Å²) in [6, 6.07) is 6.37. The molecule has 118 valence electrons. The third kappa shape index (κ3) is 5.38. The number of primary amides is 1. The molecule has 21 heavy (non-hydrogen) atoms. The van der Waals surface area contributed by atoms with Gasteiger partial charge in [0.25, 0.3) is 0 Å². The first-order valence-corrected chi connectivity index (χ1v) is 7.52. The summed E-state index contributed by atoms with van der Waals surface area (Å²) in [6.07, 6.45) is 1.43. The second-order valence-corrected chi connectivity index (χ2v) is 6.22. The van der Waals surface area contributed by atoms with E-state index in [9.17, 15) is 4.79 Å². The Bertz CT molecular complexity index is 486. The minimum atomic E-state index is -0.681. The Morgan fingerprint density at radius 1 is 1.38 bits per heavy atom. The fraction of sp³-hybridized carbons (Fsp3) is 0.588. The molecular weight excluding hydrogens is 264 g/mol. The molecule has 0 spiro atoms. The number of hydrogen-bond donors (Lipinski definition) is 2. The highest BCUT2D eigenvalue weighted by Crippen LogP contribution is 2.20. The van der Waals surface area contributed by atoms with Gasteiger partial charge in [-0.3, -0.25) is 4.79 Å². The first-order chi connectivity index (χ1) is 9.74. The Hall–Kier alpha value is -1.55. The van der Waals surface area contributed by atoms with Gasteiger partial charge in [0.15, 0.2) is 0 Å². The van der Waals surface area contributed by atoms with Crippen LogP contribution in [0, 0.1) is 13.8 Å². The van der Waals surface area contributed by atoms with E-state index in [4.69, 9.17) is 10.5 Å². The lowest BCUT2D eigenvalue weighted by atomic mass is 9.94. The summed E-state index contributed by atoms with van der Waals surface area (Å²) in [5.41, 5.74) is 7.14.